The molecule has 4 atom stereocenters. The lowest BCUT2D eigenvalue weighted by molar-refractivity contribution is 0.125. The summed E-state index contributed by atoms with van der Waals surface area (Å²) in [5.41, 5.74) is 3.22. The number of hydrogen-bond acceptors (Lipinski definition) is 0. The van der Waals surface area contributed by atoms with E-state index in [1.54, 1.807) is 12.2 Å². The van der Waals surface area contributed by atoms with E-state index < -0.39 is 0 Å². The first-order chi connectivity index (χ1) is 15.8. The molecule has 2 aliphatic carbocycles. The second-order valence-corrected chi connectivity index (χ2v) is 8.51. The van der Waals surface area contributed by atoms with E-state index in [4.69, 9.17) is 0 Å². The van der Waals surface area contributed by atoms with E-state index >= 15 is 0 Å². The van der Waals surface area contributed by atoms with Crippen molar-refractivity contribution in [1.82, 2.24) is 0 Å². The van der Waals surface area contributed by atoms with Gasteiger partial charge in [0.25, 0.3) is 0 Å². The van der Waals surface area contributed by atoms with Gasteiger partial charge in [-0.2, -0.15) is 0 Å². The predicted molar refractivity (Wildman–Crippen MR) is 158 cm³/mol. The van der Waals surface area contributed by atoms with Gasteiger partial charge in [-0.05, 0) is 66.4 Å². The van der Waals surface area contributed by atoms with Crippen LogP contribution < -0.4 is 0 Å². The quantitative estimate of drug-likeness (QED) is 0.362. The molecule has 0 aliphatic heterocycles. The number of rotatable bonds is 5. The van der Waals surface area contributed by atoms with Gasteiger partial charge in [-0.1, -0.05) is 144 Å². The molecule has 0 heteroatoms. The zero-order valence-corrected chi connectivity index (χ0v) is 24.2. The van der Waals surface area contributed by atoms with Crippen LogP contribution in [0.1, 0.15) is 95.4 Å². The molecule has 0 aromatic heterocycles. The van der Waals surface area contributed by atoms with E-state index in [0.29, 0.717) is 11.8 Å². The number of hydrogen-bond donors (Lipinski definition) is 0. The van der Waals surface area contributed by atoms with Crippen molar-refractivity contribution >= 4 is 0 Å². The zero-order chi connectivity index (χ0) is 26.4. The van der Waals surface area contributed by atoms with Gasteiger partial charge in [0.05, 0.1) is 0 Å². The molecule has 4 unspecified atom stereocenters. The van der Waals surface area contributed by atoms with Gasteiger partial charge in [0.2, 0.25) is 0 Å². The summed E-state index contributed by atoms with van der Waals surface area (Å²) in [6.07, 6.45) is 23.1. The molecular weight excluding hydrogens is 396 g/mol. The molecular formula is C33H58. The Morgan fingerprint density at radius 3 is 1.97 bits per heavy atom. The molecule has 0 aromatic rings. The lowest BCUT2D eigenvalue weighted by atomic mass is 9.59. The third-order valence-electron chi connectivity index (χ3n) is 6.20. The maximum absolute atomic E-state index is 4.08. The first-order valence-electron chi connectivity index (χ1n) is 13.4. The molecule has 1 saturated carbocycles. The zero-order valence-electron chi connectivity index (χ0n) is 24.2. The molecule has 0 amide bonds. The van der Waals surface area contributed by atoms with Crippen molar-refractivity contribution in [2.75, 3.05) is 0 Å². The summed E-state index contributed by atoms with van der Waals surface area (Å²) >= 11 is 0. The topological polar surface area (TPSA) is 0 Å². The van der Waals surface area contributed by atoms with Crippen LogP contribution in [0.5, 0.6) is 0 Å². The summed E-state index contributed by atoms with van der Waals surface area (Å²) in [6.45, 7) is 34.4. The first-order valence-corrected chi connectivity index (χ1v) is 13.4. The van der Waals surface area contributed by atoms with Gasteiger partial charge in [-0.25, -0.2) is 0 Å². The average Bonchev–Trinajstić information content (AvgIpc) is 3.09. The molecule has 2 aliphatic rings. The fourth-order valence-electron chi connectivity index (χ4n) is 4.45. The van der Waals surface area contributed by atoms with E-state index in [1.165, 1.54) is 30.4 Å². The summed E-state index contributed by atoms with van der Waals surface area (Å²) in [5, 5.41) is 0. The standard InChI is InChI=1S/C23H34.C4H6.3C2H6/c1-7-19(8-2)22-16-23(6,15-14-21(22)17(3)4)20-11-9-10-18(5)12-13-20;1-3-4-2;3*1-2/h7-13,17-18,21-22H,1,14-16H2,2-6H3;3-4H,1-2H2;3*1-2H3/b19-8+;;;;. The van der Waals surface area contributed by atoms with E-state index in [9.17, 15) is 0 Å². The lowest BCUT2D eigenvalue weighted by Crippen LogP contribution is -2.35. The molecule has 33 heavy (non-hydrogen) atoms. The molecule has 2 rings (SSSR count). The molecule has 0 N–H and O–H groups in total. The SMILES string of the molecule is C=C/C(=C\C)C1CC(C)(C2=CC=CC(C)C=C2)CCC1C(C)C.C=CC=C.CC.CC.CC. The molecule has 1 fully saturated rings. The van der Waals surface area contributed by atoms with Crippen LogP contribution in [0, 0.1) is 29.1 Å². The second-order valence-electron chi connectivity index (χ2n) is 8.51. The third-order valence-corrected chi connectivity index (χ3v) is 6.20. The Kier molecular flexibility index (Phi) is 23.8. The molecule has 0 aromatic carbocycles. The predicted octanol–water partition coefficient (Wildman–Crippen LogP) is 11.3. The average molecular weight is 455 g/mol. The summed E-state index contributed by atoms with van der Waals surface area (Å²) < 4.78 is 0. The summed E-state index contributed by atoms with van der Waals surface area (Å²) in [6, 6.07) is 0. The maximum Gasteiger partial charge on any atom is -0.00693 e. The minimum Gasteiger partial charge on any atom is -0.0991 e. The van der Waals surface area contributed by atoms with Crippen LogP contribution in [0.15, 0.2) is 85.6 Å². The van der Waals surface area contributed by atoms with Gasteiger partial charge >= 0.3 is 0 Å². The summed E-state index contributed by atoms with van der Waals surface area (Å²) in [7, 11) is 0. The molecule has 0 spiro atoms. The molecule has 0 radical (unpaired) electrons. The highest BCUT2D eigenvalue weighted by molar-refractivity contribution is 5.35. The molecule has 0 saturated heterocycles. The van der Waals surface area contributed by atoms with Gasteiger partial charge in [-0.15, -0.1) is 0 Å². The van der Waals surface area contributed by atoms with E-state index in [2.05, 4.69) is 96.9 Å². The van der Waals surface area contributed by atoms with Crippen LogP contribution in [-0.4, -0.2) is 0 Å². The van der Waals surface area contributed by atoms with Crippen molar-refractivity contribution in [2.45, 2.75) is 95.4 Å². The summed E-state index contributed by atoms with van der Waals surface area (Å²) in [5.74, 6) is 2.68. The fourth-order valence-corrected chi connectivity index (χ4v) is 4.45. The Labute approximate surface area is 210 Å². The monoisotopic (exact) mass is 454 g/mol. The first kappa shape index (κ1) is 35.8. The van der Waals surface area contributed by atoms with Gasteiger partial charge in [0, 0.05) is 0 Å². The van der Waals surface area contributed by atoms with E-state index in [0.717, 1.165) is 11.8 Å². The Balaban J connectivity index is -0.000000780. The minimum atomic E-state index is 0.276. The van der Waals surface area contributed by atoms with Crippen molar-refractivity contribution in [3.63, 3.8) is 0 Å². The van der Waals surface area contributed by atoms with Gasteiger partial charge in [0.15, 0.2) is 0 Å². The molecule has 0 bridgehead atoms. The van der Waals surface area contributed by atoms with Crippen LogP contribution in [-0.2, 0) is 0 Å². The fraction of sp³-hybridized carbons (Fsp3) is 0.576. The van der Waals surface area contributed by atoms with Gasteiger partial charge in [-0.3, -0.25) is 0 Å². The highest BCUT2D eigenvalue weighted by atomic mass is 14.4. The highest BCUT2D eigenvalue weighted by Gasteiger charge is 2.41. The van der Waals surface area contributed by atoms with Gasteiger partial charge < -0.3 is 0 Å². The van der Waals surface area contributed by atoms with E-state index in [-0.39, 0.29) is 5.41 Å². The minimum absolute atomic E-state index is 0.276. The van der Waals surface area contributed by atoms with Crippen LogP contribution in [0.3, 0.4) is 0 Å². The molecule has 0 nitrogen and oxygen atoms in total. The van der Waals surface area contributed by atoms with E-state index in [1.807, 2.05) is 41.5 Å². The maximum atomic E-state index is 4.08. The van der Waals surface area contributed by atoms with Crippen molar-refractivity contribution in [1.29, 1.82) is 0 Å². The smallest absolute Gasteiger partial charge is 0.00693 e. The van der Waals surface area contributed by atoms with Crippen molar-refractivity contribution in [3.8, 4) is 0 Å². The van der Waals surface area contributed by atoms with Crippen LogP contribution in [0.4, 0.5) is 0 Å². The normalized spacial score (nSPS) is 25.6. The Bertz CT molecular complexity index is 616. The Hall–Kier alpha value is -1.82. The molecule has 190 valence electrons. The van der Waals surface area contributed by atoms with Gasteiger partial charge in [0.1, 0.15) is 0 Å². The highest BCUT2D eigenvalue weighted by Crippen LogP contribution is 2.51. The molecule has 0 heterocycles. The lowest BCUT2D eigenvalue weighted by Gasteiger charge is -2.46. The summed E-state index contributed by atoms with van der Waals surface area (Å²) in [4.78, 5) is 0. The van der Waals surface area contributed by atoms with Crippen molar-refractivity contribution in [2.24, 2.45) is 29.1 Å². The second kappa shape index (κ2) is 22.0. The number of allylic oxidation sites excluding steroid dienone is 11. The van der Waals surface area contributed by atoms with Crippen LogP contribution >= 0.6 is 0 Å². The third kappa shape index (κ3) is 12.9. The Morgan fingerprint density at radius 2 is 1.55 bits per heavy atom. The van der Waals surface area contributed by atoms with Crippen molar-refractivity contribution in [3.05, 3.63) is 85.6 Å². The van der Waals surface area contributed by atoms with Crippen LogP contribution in [0.25, 0.3) is 0 Å². The largest absolute Gasteiger partial charge is 0.0991 e. The van der Waals surface area contributed by atoms with Crippen molar-refractivity contribution < 1.29 is 0 Å². The Morgan fingerprint density at radius 1 is 1.00 bits per heavy atom. The van der Waals surface area contributed by atoms with Crippen LogP contribution in [0.2, 0.25) is 0 Å².